The quantitative estimate of drug-likeness (QED) is 0.399. The number of fused-ring (bicyclic) bond motifs is 3. The number of nitrogens with zero attached hydrogens (tertiary/aromatic N) is 2. The average Bonchev–Trinajstić information content (AvgIpc) is 3.09. The summed E-state index contributed by atoms with van der Waals surface area (Å²) < 4.78 is 2.05. The molecule has 0 aliphatic carbocycles. The van der Waals surface area contributed by atoms with Crippen LogP contribution in [0.4, 0.5) is 0 Å². The maximum atomic E-state index is 5.00. The Morgan fingerprint density at radius 3 is 2.08 bits per heavy atom. The van der Waals surface area contributed by atoms with E-state index in [0.29, 0.717) is 0 Å². The van der Waals surface area contributed by atoms with Crippen LogP contribution in [0.25, 0.3) is 38.6 Å². The van der Waals surface area contributed by atoms with Gasteiger partial charge in [-0.1, -0.05) is 78.9 Å². The first kappa shape index (κ1) is 14.0. The van der Waals surface area contributed by atoms with Gasteiger partial charge in [-0.05, 0) is 29.0 Å². The third kappa shape index (κ3) is 2.23. The number of aromatic nitrogens is 2. The first-order chi connectivity index (χ1) is 12.4. The zero-order chi connectivity index (χ0) is 16.6. The van der Waals surface area contributed by atoms with Crippen LogP contribution < -0.4 is 0 Å². The molecule has 1 heterocycles. The average molecular weight is 320 g/mol. The monoisotopic (exact) mass is 320 g/mol. The molecule has 5 rings (SSSR count). The van der Waals surface area contributed by atoms with Crippen molar-refractivity contribution in [2.24, 2.45) is 0 Å². The molecule has 1 aromatic heterocycles. The van der Waals surface area contributed by atoms with Crippen molar-refractivity contribution in [2.75, 3.05) is 0 Å². The van der Waals surface area contributed by atoms with Gasteiger partial charge in [0.2, 0.25) is 0 Å². The fourth-order valence-corrected chi connectivity index (χ4v) is 3.45. The van der Waals surface area contributed by atoms with E-state index in [-0.39, 0.29) is 0 Å². The maximum absolute atomic E-state index is 5.00. The van der Waals surface area contributed by atoms with Crippen LogP contribution in [0.3, 0.4) is 0 Å². The van der Waals surface area contributed by atoms with Crippen LogP contribution in [0.5, 0.6) is 0 Å². The molecular formula is C23H16N2. The standard InChI is InChI=1S/C23H16N2/c1-3-10-18(11-4-1)23-22-20-14-8-7-9-17(20)15-16-21(22)25(24-23)19-12-5-2-6-13-19/h1-16H. The van der Waals surface area contributed by atoms with Gasteiger partial charge >= 0.3 is 0 Å². The van der Waals surface area contributed by atoms with Gasteiger partial charge < -0.3 is 0 Å². The topological polar surface area (TPSA) is 17.8 Å². The molecule has 0 radical (unpaired) electrons. The third-order valence-electron chi connectivity index (χ3n) is 4.62. The van der Waals surface area contributed by atoms with Crippen LogP contribution in [0.1, 0.15) is 0 Å². The fourth-order valence-electron chi connectivity index (χ4n) is 3.45. The molecule has 0 atom stereocenters. The smallest absolute Gasteiger partial charge is 0.101 e. The zero-order valence-electron chi connectivity index (χ0n) is 13.6. The summed E-state index contributed by atoms with van der Waals surface area (Å²) in [5.74, 6) is 0. The first-order valence-corrected chi connectivity index (χ1v) is 8.43. The molecule has 0 aliphatic rings. The third-order valence-corrected chi connectivity index (χ3v) is 4.62. The van der Waals surface area contributed by atoms with Gasteiger partial charge in [-0.25, -0.2) is 4.68 Å². The van der Waals surface area contributed by atoms with Crippen molar-refractivity contribution in [3.05, 3.63) is 97.1 Å². The highest BCUT2D eigenvalue weighted by Crippen LogP contribution is 2.35. The Bertz CT molecular complexity index is 1170. The summed E-state index contributed by atoms with van der Waals surface area (Å²) in [4.78, 5) is 0. The van der Waals surface area contributed by atoms with Gasteiger partial charge in [0, 0.05) is 10.9 Å². The van der Waals surface area contributed by atoms with Gasteiger partial charge in [0.25, 0.3) is 0 Å². The molecule has 25 heavy (non-hydrogen) atoms. The van der Waals surface area contributed by atoms with Crippen LogP contribution in [0.15, 0.2) is 97.1 Å². The predicted octanol–water partition coefficient (Wildman–Crippen LogP) is 5.85. The Labute approximate surface area is 146 Å². The van der Waals surface area contributed by atoms with Gasteiger partial charge in [-0.3, -0.25) is 0 Å². The minimum atomic E-state index is 1.02. The van der Waals surface area contributed by atoms with Crippen molar-refractivity contribution in [2.45, 2.75) is 0 Å². The lowest BCUT2D eigenvalue weighted by Crippen LogP contribution is -1.95. The van der Waals surface area contributed by atoms with Crippen molar-refractivity contribution in [3.63, 3.8) is 0 Å². The predicted molar refractivity (Wildman–Crippen MR) is 104 cm³/mol. The molecular weight excluding hydrogens is 304 g/mol. The summed E-state index contributed by atoms with van der Waals surface area (Å²) in [6.45, 7) is 0. The lowest BCUT2D eigenvalue weighted by Gasteiger charge is -2.04. The van der Waals surface area contributed by atoms with Crippen molar-refractivity contribution in [3.8, 4) is 16.9 Å². The van der Waals surface area contributed by atoms with E-state index in [9.17, 15) is 0 Å². The molecule has 0 saturated heterocycles. The summed E-state index contributed by atoms with van der Waals surface area (Å²) in [5, 5.41) is 8.67. The minimum Gasteiger partial charge on any atom is -0.232 e. The van der Waals surface area contributed by atoms with E-state index in [1.54, 1.807) is 0 Å². The number of hydrogen-bond donors (Lipinski definition) is 0. The van der Waals surface area contributed by atoms with Crippen LogP contribution in [0, 0.1) is 0 Å². The van der Waals surface area contributed by atoms with Gasteiger partial charge in [0.1, 0.15) is 5.69 Å². The largest absolute Gasteiger partial charge is 0.232 e. The Morgan fingerprint density at radius 2 is 1.28 bits per heavy atom. The SMILES string of the molecule is c1ccc(-c2nn(-c3ccccc3)c3ccc4ccccc4c23)cc1. The molecule has 0 aliphatic heterocycles. The maximum Gasteiger partial charge on any atom is 0.101 e. The van der Waals surface area contributed by atoms with Crippen molar-refractivity contribution in [1.82, 2.24) is 9.78 Å². The van der Waals surface area contributed by atoms with Crippen LogP contribution in [-0.2, 0) is 0 Å². The zero-order valence-corrected chi connectivity index (χ0v) is 13.6. The van der Waals surface area contributed by atoms with E-state index < -0.39 is 0 Å². The van der Waals surface area contributed by atoms with E-state index in [1.807, 2.05) is 28.9 Å². The molecule has 0 spiro atoms. The van der Waals surface area contributed by atoms with E-state index >= 15 is 0 Å². The summed E-state index contributed by atoms with van der Waals surface area (Å²) >= 11 is 0. The lowest BCUT2D eigenvalue weighted by atomic mass is 10.0. The van der Waals surface area contributed by atoms with E-state index in [1.165, 1.54) is 16.2 Å². The molecule has 0 fully saturated rings. The minimum absolute atomic E-state index is 1.02. The van der Waals surface area contributed by atoms with Gasteiger partial charge in [0.15, 0.2) is 0 Å². The van der Waals surface area contributed by atoms with Gasteiger partial charge in [-0.15, -0.1) is 0 Å². The van der Waals surface area contributed by atoms with Crippen molar-refractivity contribution < 1.29 is 0 Å². The number of benzene rings is 4. The van der Waals surface area contributed by atoms with E-state index in [4.69, 9.17) is 5.10 Å². The highest BCUT2D eigenvalue weighted by Gasteiger charge is 2.15. The summed E-state index contributed by atoms with van der Waals surface area (Å²) in [6, 6.07) is 33.6. The molecule has 0 amide bonds. The van der Waals surface area contributed by atoms with Crippen molar-refractivity contribution in [1.29, 1.82) is 0 Å². The summed E-state index contributed by atoms with van der Waals surface area (Å²) in [5.41, 5.74) is 4.36. The molecule has 5 aromatic rings. The summed E-state index contributed by atoms with van der Waals surface area (Å²) in [7, 11) is 0. The van der Waals surface area contributed by atoms with Crippen molar-refractivity contribution >= 4 is 21.7 Å². The molecule has 0 bridgehead atoms. The van der Waals surface area contributed by atoms with Gasteiger partial charge in [-0.2, -0.15) is 5.10 Å². The van der Waals surface area contributed by atoms with E-state index in [0.717, 1.165) is 22.5 Å². The molecule has 2 heteroatoms. The Hall–Kier alpha value is -3.39. The highest BCUT2D eigenvalue weighted by atomic mass is 15.3. The molecule has 118 valence electrons. The Morgan fingerprint density at radius 1 is 0.600 bits per heavy atom. The lowest BCUT2D eigenvalue weighted by molar-refractivity contribution is 0.915. The van der Waals surface area contributed by atoms with Gasteiger partial charge in [0.05, 0.1) is 11.2 Å². The molecule has 2 nitrogen and oxygen atoms in total. The molecule has 4 aromatic carbocycles. The second kappa shape index (κ2) is 5.60. The second-order valence-corrected chi connectivity index (χ2v) is 6.14. The fraction of sp³-hybridized carbons (Fsp3) is 0. The second-order valence-electron chi connectivity index (χ2n) is 6.14. The number of hydrogen-bond acceptors (Lipinski definition) is 1. The van der Waals surface area contributed by atoms with E-state index in [2.05, 4.69) is 72.8 Å². The molecule has 0 saturated carbocycles. The van der Waals surface area contributed by atoms with Crippen LogP contribution in [-0.4, -0.2) is 9.78 Å². The molecule has 0 unspecified atom stereocenters. The number of para-hydroxylation sites is 1. The Kier molecular flexibility index (Phi) is 3.14. The Balaban J connectivity index is 1.94. The van der Waals surface area contributed by atoms with Crippen LogP contribution in [0.2, 0.25) is 0 Å². The van der Waals surface area contributed by atoms with Crippen LogP contribution >= 0.6 is 0 Å². The summed E-state index contributed by atoms with van der Waals surface area (Å²) in [6.07, 6.45) is 0. The highest BCUT2D eigenvalue weighted by molar-refractivity contribution is 6.13. The number of rotatable bonds is 2. The molecule has 0 N–H and O–H groups in total. The first-order valence-electron chi connectivity index (χ1n) is 8.43. The normalized spacial score (nSPS) is 11.2.